The van der Waals surface area contributed by atoms with Crippen molar-refractivity contribution in [3.63, 3.8) is 0 Å². The summed E-state index contributed by atoms with van der Waals surface area (Å²) in [6, 6.07) is 12.8. The van der Waals surface area contributed by atoms with Crippen molar-refractivity contribution in [1.29, 1.82) is 0 Å². The van der Waals surface area contributed by atoms with Crippen LogP contribution in [0, 0.1) is 0 Å². The van der Waals surface area contributed by atoms with Gasteiger partial charge in [0.15, 0.2) is 12.0 Å². The highest BCUT2D eigenvalue weighted by atomic mass is 32.1. The smallest absolute Gasteiger partial charge is 0.297 e. The number of primary amides is 1. The van der Waals surface area contributed by atoms with Crippen LogP contribution >= 0.6 is 11.3 Å². The Morgan fingerprint density at radius 1 is 1.16 bits per heavy atom. The minimum atomic E-state index is -0.749. The zero-order valence-corrected chi connectivity index (χ0v) is 16.7. The minimum Gasteiger partial charge on any atom is -0.484 e. The lowest BCUT2D eigenvalue weighted by atomic mass is 9.98. The fraction of sp³-hybridized carbons (Fsp3) is 0.0952. The van der Waals surface area contributed by atoms with E-state index in [9.17, 15) is 14.4 Å². The molecule has 31 heavy (non-hydrogen) atoms. The number of anilines is 1. The lowest BCUT2D eigenvalue weighted by Gasteiger charge is -2.22. The normalized spacial score (nSPS) is 15.3. The summed E-state index contributed by atoms with van der Waals surface area (Å²) in [5.74, 6) is -0.641. The molecule has 0 fully saturated rings. The topological polar surface area (TPSA) is 129 Å². The summed E-state index contributed by atoms with van der Waals surface area (Å²) in [7, 11) is 0. The minimum absolute atomic E-state index is 0.0158. The number of nitrogens with two attached hydrogens (primary N) is 1. The van der Waals surface area contributed by atoms with Crippen molar-refractivity contribution in [2.75, 3.05) is 11.5 Å². The van der Waals surface area contributed by atoms with Crippen molar-refractivity contribution in [2.45, 2.75) is 6.04 Å². The van der Waals surface area contributed by atoms with Crippen molar-refractivity contribution in [3.05, 3.63) is 81.2 Å². The maximum atomic E-state index is 13.4. The molecule has 1 aliphatic rings. The van der Waals surface area contributed by atoms with Gasteiger partial charge in [-0.15, -0.1) is 10.2 Å². The van der Waals surface area contributed by atoms with Gasteiger partial charge in [-0.2, -0.15) is 0 Å². The fourth-order valence-corrected chi connectivity index (χ4v) is 4.19. The number of fused-ring (bicyclic) bond motifs is 2. The highest BCUT2D eigenvalue weighted by Crippen LogP contribution is 2.41. The van der Waals surface area contributed by atoms with Gasteiger partial charge in [-0.25, -0.2) is 0 Å². The second-order valence-corrected chi connectivity index (χ2v) is 7.60. The summed E-state index contributed by atoms with van der Waals surface area (Å²) in [6.45, 7) is -0.253. The number of amides is 2. The van der Waals surface area contributed by atoms with Crippen LogP contribution in [-0.4, -0.2) is 28.6 Å². The molecule has 2 aromatic carbocycles. The summed E-state index contributed by atoms with van der Waals surface area (Å²) in [5, 5.41) is 8.59. The van der Waals surface area contributed by atoms with E-state index in [1.165, 1.54) is 21.7 Å². The molecule has 2 N–H and O–H groups in total. The number of ether oxygens (including phenoxy) is 1. The molecule has 2 amide bonds. The largest absolute Gasteiger partial charge is 0.484 e. The number of para-hydroxylation sites is 1. The Balaban J connectivity index is 1.67. The molecule has 9 nitrogen and oxygen atoms in total. The van der Waals surface area contributed by atoms with Crippen LogP contribution < -0.4 is 20.8 Å². The first kappa shape index (κ1) is 18.9. The lowest BCUT2D eigenvalue weighted by molar-refractivity contribution is -0.119. The Labute approximate surface area is 178 Å². The molecule has 0 saturated carbocycles. The monoisotopic (exact) mass is 434 g/mol. The van der Waals surface area contributed by atoms with Gasteiger partial charge in [0.25, 0.3) is 11.8 Å². The van der Waals surface area contributed by atoms with E-state index in [2.05, 4.69) is 10.2 Å². The van der Waals surface area contributed by atoms with Crippen molar-refractivity contribution in [2.24, 2.45) is 5.73 Å². The number of nitrogens with zero attached hydrogens (tertiary/aromatic N) is 3. The summed E-state index contributed by atoms with van der Waals surface area (Å²) in [6.07, 6.45) is 0. The van der Waals surface area contributed by atoms with Gasteiger partial charge >= 0.3 is 0 Å². The van der Waals surface area contributed by atoms with E-state index in [-0.39, 0.29) is 23.4 Å². The lowest BCUT2D eigenvalue weighted by Crippen LogP contribution is -2.29. The molecule has 0 aliphatic carbocycles. The Morgan fingerprint density at radius 2 is 1.94 bits per heavy atom. The van der Waals surface area contributed by atoms with Crippen LogP contribution in [0.15, 0.2) is 63.3 Å². The number of carbonyl (C=O) groups excluding carboxylic acids is 2. The van der Waals surface area contributed by atoms with Gasteiger partial charge in [-0.1, -0.05) is 35.6 Å². The Morgan fingerprint density at radius 3 is 2.65 bits per heavy atom. The number of benzene rings is 2. The van der Waals surface area contributed by atoms with Gasteiger partial charge in [0.1, 0.15) is 16.8 Å². The zero-order valence-electron chi connectivity index (χ0n) is 15.8. The van der Waals surface area contributed by atoms with Gasteiger partial charge in [0.2, 0.25) is 10.9 Å². The second-order valence-electron chi connectivity index (χ2n) is 6.79. The van der Waals surface area contributed by atoms with Crippen LogP contribution in [-0.2, 0) is 4.79 Å². The number of hydrogen-bond acceptors (Lipinski definition) is 8. The zero-order chi connectivity index (χ0) is 21.5. The summed E-state index contributed by atoms with van der Waals surface area (Å²) in [5.41, 5.74) is 7.57. The van der Waals surface area contributed by atoms with Gasteiger partial charge < -0.3 is 14.9 Å². The van der Waals surface area contributed by atoms with Crippen LogP contribution in [0.3, 0.4) is 0 Å². The molecular formula is C21H14N4O5S. The molecule has 5 rings (SSSR count). The fourth-order valence-electron chi connectivity index (χ4n) is 3.61. The van der Waals surface area contributed by atoms with E-state index in [0.29, 0.717) is 27.4 Å². The third kappa shape index (κ3) is 3.13. The van der Waals surface area contributed by atoms with E-state index in [1.807, 2.05) is 0 Å². The first-order valence-electron chi connectivity index (χ1n) is 9.21. The summed E-state index contributed by atoms with van der Waals surface area (Å²) < 4.78 is 11.2. The number of aromatic nitrogens is 2. The van der Waals surface area contributed by atoms with Gasteiger partial charge in [0, 0.05) is 0 Å². The molecule has 0 radical (unpaired) electrons. The number of rotatable bonds is 5. The van der Waals surface area contributed by atoms with E-state index < -0.39 is 17.9 Å². The Bertz CT molecular complexity index is 1370. The first-order chi connectivity index (χ1) is 15.0. The predicted molar refractivity (Wildman–Crippen MR) is 112 cm³/mol. The van der Waals surface area contributed by atoms with Gasteiger partial charge in [-0.05, 0) is 29.8 Å². The van der Waals surface area contributed by atoms with Gasteiger partial charge in [-0.3, -0.25) is 19.3 Å². The molecule has 1 atom stereocenters. The van der Waals surface area contributed by atoms with E-state index >= 15 is 0 Å². The van der Waals surface area contributed by atoms with Crippen LogP contribution in [0.4, 0.5) is 5.13 Å². The summed E-state index contributed by atoms with van der Waals surface area (Å²) >= 11 is 1.18. The molecular weight excluding hydrogens is 420 g/mol. The van der Waals surface area contributed by atoms with Crippen molar-refractivity contribution < 1.29 is 18.7 Å². The third-order valence-electron chi connectivity index (χ3n) is 4.91. The molecule has 0 saturated heterocycles. The average Bonchev–Trinajstić information content (AvgIpc) is 3.40. The quantitative estimate of drug-likeness (QED) is 0.510. The third-order valence-corrected chi connectivity index (χ3v) is 5.60. The number of carbonyl (C=O) groups is 2. The van der Waals surface area contributed by atoms with Crippen molar-refractivity contribution >= 4 is 39.3 Å². The molecule has 0 spiro atoms. The average molecular weight is 434 g/mol. The van der Waals surface area contributed by atoms with Crippen molar-refractivity contribution in [1.82, 2.24) is 10.2 Å². The van der Waals surface area contributed by atoms with Crippen LogP contribution in [0.5, 0.6) is 5.75 Å². The second kappa shape index (κ2) is 7.33. The van der Waals surface area contributed by atoms with Crippen LogP contribution in [0.1, 0.15) is 27.7 Å². The van der Waals surface area contributed by atoms with E-state index in [1.54, 1.807) is 48.5 Å². The molecule has 0 unspecified atom stereocenters. The molecule has 0 bridgehead atoms. The van der Waals surface area contributed by atoms with Crippen molar-refractivity contribution in [3.8, 4) is 5.75 Å². The molecule has 1 aliphatic heterocycles. The number of hydrogen-bond donors (Lipinski definition) is 1. The van der Waals surface area contributed by atoms with Gasteiger partial charge in [0.05, 0.1) is 17.0 Å². The molecule has 2 aromatic heterocycles. The summed E-state index contributed by atoms with van der Waals surface area (Å²) in [4.78, 5) is 39.0. The Kier molecular flexibility index (Phi) is 4.48. The van der Waals surface area contributed by atoms with E-state index in [4.69, 9.17) is 14.9 Å². The molecule has 3 heterocycles. The SMILES string of the molecule is NC(=O)COc1ccc([C@@H]2c3c(oc4ccccc4c3=O)C(=O)N2c2nncs2)cc1. The maximum Gasteiger partial charge on any atom is 0.297 e. The molecule has 154 valence electrons. The highest BCUT2D eigenvalue weighted by molar-refractivity contribution is 7.13. The van der Waals surface area contributed by atoms with E-state index in [0.717, 1.165) is 0 Å². The highest BCUT2D eigenvalue weighted by Gasteiger charge is 2.44. The standard InChI is InChI=1S/C21H14N4O5S/c22-15(26)9-29-12-7-5-11(6-8-12)17-16-18(27)13-3-1-2-4-14(13)30-19(16)20(28)25(17)21-24-23-10-31-21/h1-8,10,17H,9H2,(H2,22,26)/t17-/m1/s1. The molecule has 4 aromatic rings. The first-order valence-corrected chi connectivity index (χ1v) is 10.1. The maximum absolute atomic E-state index is 13.4. The Hall–Kier alpha value is -4.05. The predicted octanol–water partition coefficient (Wildman–Crippen LogP) is 2.26. The van der Waals surface area contributed by atoms with Crippen LogP contribution in [0.25, 0.3) is 11.0 Å². The van der Waals surface area contributed by atoms with Crippen LogP contribution in [0.2, 0.25) is 0 Å². The molecule has 10 heteroatoms.